The fourth-order valence-electron chi connectivity index (χ4n) is 1.73. The number of ether oxygens (including phenoxy) is 1. The molecule has 0 aliphatic carbocycles. The van der Waals surface area contributed by atoms with Crippen molar-refractivity contribution in [2.45, 2.75) is 26.4 Å². The van der Waals surface area contributed by atoms with Gasteiger partial charge in [0, 0.05) is 28.7 Å². The first kappa shape index (κ1) is 12.4. The number of benzene rings is 1. The van der Waals surface area contributed by atoms with Crippen molar-refractivity contribution in [3.63, 3.8) is 0 Å². The van der Waals surface area contributed by atoms with Crippen molar-refractivity contribution in [3.8, 4) is 0 Å². The Morgan fingerprint density at radius 3 is 2.72 bits per heavy atom. The Labute approximate surface area is 106 Å². The van der Waals surface area contributed by atoms with E-state index in [1.54, 1.807) is 6.08 Å². The third kappa shape index (κ3) is 3.00. The van der Waals surface area contributed by atoms with Crippen LogP contribution < -0.4 is 0 Å². The lowest BCUT2D eigenvalue weighted by molar-refractivity contribution is -0.148. The number of esters is 1. The Bertz CT molecular complexity index is 588. The molecule has 94 valence electrons. The number of H-pyrrole nitrogens is 1. The molecule has 0 atom stereocenters. The summed E-state index contributed by atoms with van der Waals surface area (Å²) in [4.78, 5) is 14.7. The van der Waals surface area contributed by atoms with Gasteiger partial charge < -0.3 is 9.72 Å². The van der Waals surface area contributed by atoms with Gasteiger partial charge in [-0.2, -0.15) is 0 Å². The highest BCUT2D eigenvalue weighted by molar-refractivity contribution is 5.94. The highest BCUT2D eigenvalue weighted by Gasteiger charge is 2.13. The van der Waals surface area contributed by atoms with Crippen LogP contribution in [0.15, 0.2) is 36.5 Å². The molecule has 2 aromatic rings. The molecular formula is C15H17NO2. The average Bonchev–Trinajstić information content (AvgIpc) is 2.67. The highest BCUT2D eigenvalue weighted by Crippen LogP contribution is 2.19. The summed E-state index contributed by atoms with van der Waals surface area (Å²) in [6.45, 7) is 5.55. The fourth-order valence-corrected chi connectivity index (χ4v) is 1.73. The van der Waals surface area contributed by atoms with Crippen LogP contribution in [0.4, 0.5) is 0 Å². The van der Waals surface area contributed by atoms with Crippen molar-refractivity contribution in [2.24, 2.45) is 0 Å². The molecule has 18 heavy (non-hydrogen) atoms. The van der Waals surface area contributed by atoms with Crippen molar-refractivity contribution >= 4 is 22.9 Å². The lowest BCUT2D eigenvalue weighted by Gasteiger charge is -2.17. The Balaban J connectivity index is 2.16. The van der Waals surface area contributed by atoms with Crippen LogP contribution in [-0.2, 0) is 9.53 Å². The molecule has 0 spiro atoms. The van der Waals surface area contributed by atoms with Crippen LogP contribution in [0.3, 0.4) is 0 Å². The van der Waals surface area contributed by atoms with Gasteiger partial charge in [0.25, 0.3) is 0 Å². The van der Waals surface area contributed by atoms with Crippen molar-refractivity contribution in [3.05, 3.63) is 42.1 Å². The zero-order chi connectivity index (χ0) is 13.2. The lowest BCUT2D eigenvalue weighted by Crippen LogP contribution is -2.22. The number of fused-ring (bicyclic) bond motifs is 1. The van der Waals surface area contributed by atoms with Crippen molar-refractivity contribution < 1.29 is 9.53 Å². The molecular weight excluding hydrogens is 226 g/mol. The first-order chi connectivity index (χ1) is 8.46. The third-order valence-electron chi connectivity index (χ3n) is 2.43. The number of para-hydroxylation sites is 1. The minimum atomic E-state index is -0.457. The maximum absolute atomic E-state index is 11.6. The van der Waals surface area contributed by atoms with Gasteiger partial charge in [0.05, 0.1) is 0 Å². The van der Waals surface area contributed by atoms with Gasteiger partial charge in [0.15, 0.2) is 0 Å². The largest absolute Gasteiger partial charge is 0.457 e. The van der Waals surface area contributed by atoms with Crippen LogP contribution >= 0.6 is 0 Å². The molecule has 0 aliphatic heterocycles. The summed E-state index contributed by atoms with van der Waals surface area (Å²) in [5.41, 5.74) is 1.58. The summed E-state index contributed by atoms with van der Waals surface area (Å²) in [5, 5.41) is 1.09. The minimum absolute atomic E-state index is 0.326. The summed E-state index contributed by atoms with van der Waals surface area (Å²) in [6, 6.07) is 7.96. The van der Waals surface area contributed by atoms with Gasteiger partial charge in [-0.25, -0.2) is 4.79 Å². The first-order valence-electron chi connectivity index (χ1n) is 5.93. The third-order valence-corrected chi connectivity index (χ3v) is 2.43. The molecule has 0 aliphatic rings. The maximum Gasteiger partial charge on any atom is 0.331 e. The van der Waals surface area contributed by atoms with Gasteiger partial charge in [0.1, 0.15) is 5.60 Å². The molecule has 0 fully saturated rings. The van der Waals surface area contributed by atoms with Crippen LogP contribution in [0.2, 0.25) is 0 Å². The summed E-state index contributed by atoms with van der Waals surface area (Å²) >= 11 is 0. The van der Waals surface area contributed by atoms with Crippen LogP contribution in [0, 0.1) is 0 Å². The van der Waals surface area contributed by atoms with Crippen LogP contribution in [0.1, 0.15) is 26.3 Å². The Morgan fingerprint density at radius 2 is 2.00 bits per heavy atom. The number of rotatable bonds is 2. The van der Waals surface area contributed by atoms with E-state index in [1.807, 2.05) is 51.2 Å². The molecule has 1 N–H and O–H groups in total. The molecule has 0 unspecified atom stereocenters. The van der Waals surface area contributed by atoms with E-state index in [9.17, 15) is 4.79 Å². The summed E-state index contributed by atoms with van der Waals surface area (Å²) in [5.74, 6) is -0.326. The van der Waals surface area contributed by atoms with E-state index in [1.165, 1.54) is 6.08 Å². The van der Waals surface area contributed by atoms with E-state index >= 15 is 0 Å². The molecule has 2 rings (SSSR count). The monoisotopic (exact) mass is 243 g/mol. The van der Waals surface area contributed by atoms with E-state index in [0.29, 0.717) is 0 Å². The van der Waals surface area contributed by atoms with Gasteiger partial charge in [0.2, 0.25) is 0 Å². The molecule has 0 amide bonds. The maximum atomic E-state index is 11.6. The average molecular weight is 243 g/mol. The molecule has 0 bridgehead atoms. The number of nitrogens with one attached hydrogen (secondary N) is 1. The molecule has 0 saturated carbocycles. The molecule has 0 saturated heterocycles. The zero-order valence-electron chi connectivity index (χ0n) is 10.9. The number of hydrogen-bond acceptors (Lipinski definition) is 2. The van der Waals surface area contributed by atoms with Gasteiger partial charge in [-0.3, -0.25) is 0 Å². The molecule has 3 heteroatoms. The second-order valence-corrected chi connectivity index (χ2v) is 5.16. The van der Waals surface area contributed by atoms with Crippen molar-refractivity contribution in [2.75, 3.05) is 0 Å². The molecule has 1 aromatic heterocycles. The summed E-state index contributed by atoms with van der Waals surface area (Å²) in [6.07, 6.45) is 5.11. The van der Waals surface area contributed by atoms with Gasteiger partial charge in [-0.15, -0.1) is 0 Å². The quantitative estimate of drug-likeness (QED) is 0.647. The lowest BCUT2D eigenvalue weighted by atomic mass is 10.1. The summed E-state index contributed by atoms with van der Waals surface area (Å²) in [7, 11) is 0. The fraction of sp³-hybridized carbons (Fsp3) is 0.267. The smallest absolute Gasteiger partial charge is 0.331 e. The van der Waals surface area contributed by atoms with Crippen LogP contribution in [0.25, 0.3) is 17.0 Å². The number of carbonyl (C=O) groups is 1. The number of hydrogen-bond donors (Lipinski definition) is 1. The van der Waals surface area contributed by atoms with E-state index in [2.05, 4.69) is 4.98 Å². The Morgan fingerprint density at radius 1 is 1.28 bits per heavy atom. The SMILES string of the molecule is CC(C)(C)OC(=O)/C=C/c1c[nH]c2ccccc12. The standard InChI is InChI=1S/C15H17NO2/c1-15(2,3)18-14(17)9-8-11-10-16-13-7-5-4-6-12(11)13/h4-10,16H,1-3H3/b9-8+. The molecule has 1 heterocycles. The first-order valence-corrected chi connectivity index (χ1v) is 5.93. The summed E-state index contributed by atoms with van der Waals surface area (Å²) < 4.78 is 5.21. The van der Waals surface area contributed by atoms with Gasteiger partial charge in [-0.05, 0) is 32.9 Å². The van der Waals surface area contributed by atoms with Gasteiger partial charge >= 0.3 is 5.97 Å². The predicted octanol–water partition coefficient (Wildman–Crippen LogP) is 3.52. The Kier molecular flexibility index (Phi) is 3.24. The van der Waals surface area contributed by atoms with Crippen LogP contribution in [-0.4, -0.2) is 16.6 Å². The van der Waals surface area contributed by atoms with Crippen molar-refractivity contribution in [1.82, 2.24) is 4.98 Å². The number of aromatic amines is 1. The highest BCUT2D eigenvalue weighted by atomic mass is 16.6. The van der Waals surface area contributed by atoms with Crippen LogP contribution in [0.5, 0.6) is 0 Å². The van der Waals surface area contributed by atoms with Crippen molar-refractivity contribution in [1.29, 1.82) is 0 Å². The Hall–Kier alpha value is -2.03. The normalized spacial score (nSPS) is 12.2. The second kappa shape index (κ2) is 4.69. The number of carbonyl (C=O) groups excluding carboxylic acids is 1. The van der Waals surface area contributed by atoms with E-state index in [4.69, 9.17) is 4.74 Å². The topological polar surface area (TPSA) is 42.1 Å². The van der Waals surface area contributed by atoms with Gasteiger partial charge in [-0.1, -0.05) is 18.2 Å². The van der Waals surface area contributed by atoms with E-state index < -0.39 is 5.60 Å². The van der Waals surface area contributed by atoms with E-state index in [0.717, 1.165) is 16.5 Å². The molecule has 0 radical (unpaired) electrons. The van der Waals surface area contributed by atoms with E-state index in [-0.39, 0.29) is 5.97 Å². The molecule has 3 nitrogen and oxygen atoms in total. The number of aromatic nitrogens is 1. The second-order valence-electron chi connectivity index (χ2n) is 5.16. The molecule has 1 aromatic carbocycles. The zero-order valence-corrected chi connectivity index (χ0v) is 10.9. The minimum Gasteiger partial charge on any atom is -0.457 e. The predicted molar refractivity (Wildman–Crippen MR) is 73.2 cm³/mol.